The van der Waals surface area contributed by atoms with Crippen LogP contribution in [0.25, 0.3) is 0 Å². The molecular formula is C17H15F4N3O3S. The highest BCUT2D eigenvalue weighted by Gasteiger charge is 2.48. The number of carbonyl (C=O) groups excluding carboxylic acids is 1. The molecule has 150 valence electrons. The monoisotopic (exact) mass is 417 g/mol. The Bertz CT molecular complexity index is 1010. The van der Waals surface area contributed by atoms with Gasteiger partial charge in [-0.2, -0.15) is 13.2 Å². The molecule has 1 heterocycles. The number of benzene rings is 2. The molecular weight excluding hydrogens is 402 g/mol. The highest BCUT2D eigenvalue weighted by molar-refractivity contribution is 7.92. The number of rotatable bonds is 4. The van der Waals surface area contributed by atoms with Gasteiger partial charge >= 0.3 is 11.5 Å². The first-order chi connectivity index (χ1) is 13.1. The molecule has 11 heteroatoms. The maximum Gasteiger partial charge on any atom is 0.501 e. The smallest absolute Gasteiger partial charge is 0.354 e. The summed E-state index contributed by atoms with van der Waals surface area (Å²) >= 11 is 0. The lowest BCUT2D eigenvalue weighted by atomic mass is 10.2. The number of alkyl halides is 3. The number of hydrogen-bond donors (Lipinski definition) is 2. The van der Waals surface area contributed by atoms with Gasteiger partial charge in [-0.1, -0.05) is 6.07 Å². The van der Waals surface area contributed by atoms with Crippen LogP contribution in [0.1, 0.15) is 6.42 Å². The van der Waals surface area contributed by atoms with Gasteiger partial charge in [-0.05, 0) is 42.8 Å². The minimum atomic E-state index is -5.77. The lowest BCUT2D eigenvalue weighted by Crippen LogP contribution is -2.46. The zero-order valence-electron chi connectivity index (χ0n) is 14.3. The number of amides is 2. The van der Waals surface area contributed by atoms with Gasteiger partial charge in [0.1, 0.15) is 10.7 Å². The van der Waals surface area contributed by atoms with Crippen LogP contribution in [0, 0.1) is 5.82 Å². The van der Waals surface area contributed by atoms with E-state index in [2.05, 4.69) is 10.6 Å². The predicted molar refractivity (Wildman–Crippen MR) is 94.7 cm³/mol. The molecule has 0 aromatic heterocycles. The van der Waals surface area contributed by atoms with E-state index in [0.29, 0.717) is 24.8 Å². The first-order valence-corrected chi connectivity index (χ1v) is 9.61. The Balaban J connectivity index is 1.97. The van der Waals surface area contributed by atoms with Crippen molar-refractivity contribution >= 4 is 32.9 Å². The Kier molecular flexibility index (Phi) is 5.20. The Morgan fingerprint density at radius 1 is 1.11 bits per heavy atom. The van der Waals surface area contributed by atoms with Crippen molar-refractivity contribution in [3.63, 3.8) is 0 Å². The molecule has 0 saturated carbocycles. The van der Waals surface area contributed by atoms with Gasteiger partial charge in [0.25, 0.3) is 9.84 Å². The molecule has 0 spiro atoms. The largest absolute Gasteiger partial charge is 0.501 e. The molecule has 28 heavy (non-hydrogen) atoms. The van der Waals surface area contributed by atoms with E-state index in [1.54, 1.807) is 12.1 Å². The molecule has 2 aromatic carbocycles. The van der Waals surface area contributed by atoms with Gasteiger partial charge in [0, 0.05) is 24.5 Å². The summed E-state index contributed by atoms with van der Waals surface area (Å²) in [5.74, 6) is -1.12. The zero-order chi connectivity index (χ0) is 20.5. The number of nitrogens with one attached hydrogen (secondary N) is 2. The van der Waals surface area contributed by atoms with E-state index in [9.17, 15) is 30.8 Å². The van der Waals surface area contributed by atoms with Crippen LogP contribution in [0.2, 0.25) is 0 Å². The molecule has 1 saturated heterocycles. The maximum absolute atomic E-state index is 13.4. The van der Waals surface area contributed by atoms with E-state index in [4.69, 9.17) is 0 Å². The van der Waals surface area contributed by atoms with E-state index < -0.39 is 31.7 Å². The summed E-state index contributed by atoms with van der Waals surface area (Å²) in [6.45, 7) is 1.00. The number of carbonyl (C=O) groups is 1. The Hall–Kier alpha value is -2.82. The van der Waals surface area contributed by atoms with Crippen LogP contribution >= 0.6 is 0 Å². The number of sulfone groups is 1. The average Bonchev–Trinajstić information content (AvgIpc) is 2.63. The first kappa shape index (κ1) is 19.9. The normalized spacial score (nSPS) is 15.3. The summed E-state index contributed by atoms with van der Waals surface area (Å²) in [6.07, 6.45) is 0.718. The van der Waals surface area contributed by atoms with Gasteiger partial charge in [0.15, 0.2) is 0 Å². The van der Waals surface area contributed by atoms with Gasteiger partial charge in [-0.3, -0.25) is 4.90 Å². The zero-order valence-corrected chi connectivity index (χ0v) is 15.1. The highest BCUT2D eigenvalue weighted by Crippen LogP contribution is 2.36. The number of nitrogens with zero attached hydrogens (tertiary/aromatic N) is 1. The van der Waals surface area contributed by atoms with Gasteiger partial charge in [-0.15, -0.1) is 0 Å². The molecule has 1 aliphatic heterocycles. The second-order valence-electron chi connectivity index (χ2n) is 6.00. The average molecular weight is 417 g/mol. The molecule has 2 aromatic rings. The quantitative estimate of drug-likeness (QED) is 0.743. The number of urea groups is 1. The molecule has 0 atom stereocenters. The van der Waals surface area contributed by atoms with E-state index in [0.717, 1.165) is 18.6 Å². The van der Waals surface area contributed by atoms with Crippen LogP contribution in [0.15, 0.2) is 47.4 Å². The molecule has 0 unspecified atom stereocenters. The molecule has 0 bridgehead atoms. The minimum Gasteiger partial charge on any atom is -0.354 e. The standard InChI is InChI=1S/C17H15F4N3O3S/c18-11-5-6-14(15(9-11)28(26,27)17(19,20)21)23-12-3-1-4-13(10-12)24-8-2-7-22-16(24)25/h1,3-6,9-10,23H,2,7-8H2,(H,22,25). The van der Waals surface area contributed by atoms with Crippen LogP contribution in [0.4, 0.5) is 39.4 Å². The van der Waals surface area contributed by atoms with E-state index in [1.807, 2.05) is 0 Å². The van der Waals surface area contributed by atoms with Crippen molar-refractivity contribution in [1.82, 2.24) is 5.32 Å². The van der Waals surface area contributed by atoms with Crippen LogP contribution < -0.4 is 15.5 Å². The summed E-state index contributed by atoms with van der Waals surface area (Å²) in [4.78, 5) is 12.2. The molecule has 1 aliphatic rings. The fourth-order valence-electron chi connectivity index (χ4n) is 2.73. The third-order valence-corrected chi connectivity index (χ3v) is 5.58. The van der Waals surface area contributed by atoms with Gasteiger partial charge in [-0.25, -0.2) is 17.6 Å². The van der Waals surface area contributed by atoms with Crippen LogP contribution in [-0.2, 0) is 9.84 Å². The van der Waals surface area contributed by atoms with Crippen molar-refractivity contribution in [3.05, 3.63) is 48.3 Å². The van der Waals surface area contributed by atoms with Gasteiger partial charge in [0.05, 0.1) is 5.69 Å². The summed E-state index contributed by atoms with van der Waals surface area (Å²) in [5, 5.41) is 5.24. The van der Waals surface area contributed by atoms with Crippen molar-refractivity contribution in [1.29, 1.82) is 0 Å². The summed E-state index contributed by atoms with van der Waals surface area (Å²) in [6, 6.07) is 7.91. The van der Waals surface area contributed by atoms with E-state index >= 15 is 0 Å². The summed E-state index contributed by atoms with van der Waals surface area (Å²) in [5.41, 5.74) is -5.30. The molecule has 6 nitrogen and oxygen atoms in total. The van der Waals surface area contributed by atoms with Crippen LogP contribution in [-0.4, -0.2) is 33.0 Å². The van der Waals surface area contributed by atoms with Crippen molar-refractivity contribution in [2.75, 3.05) is 23.3 Å². The molecule has 2 amide bonds. The topological polar surface area (TPSA) is 78.5 Å². The third-order valence-electron chi connectivity index (χ3n) is 4.05. The lowest BCUT2D eigenvalue weighted by molar-refractivity contribution is -0.0435. The predicted octanol–water partition coefficient (Wildman–Crippen LogP) is 3.78. The number of anilines is 3. The second-order valence-corrected chi connectivity index (χ2v) is 7.91. The van der Waals surface area contributed by atoms with Crippen molar-refractivity contribution < 1.29 is 30.8 Å². The molecule has 1 fully saturated rings. The van der Waals surface area contributed by atoms with Crippen molar-refractivity contribution in [2.24, 2.45) is 0 Å². The maximum atomic E-state index is 13.4. The Morgan fingerprint density at radius 3 is 2.54 bits per heavy atom. The first-order valence-electron chi connectivity index (χ1n) is 8.13. The summed E-state index contributed by atoms with van der Waals surface area (Å²) < 4.78 is 75.8. The Labute approximate surface area is 158 Å². The number of halogens is 4. The fraction of sp³-hybridized carbons (Fsp3) is 0.235. The van der Waals surface area contributed by atoms with Gasteiger partial charge in [0.2, 0.25) is 0 Å². The lowest BCUT2D eigenvalue weighted by Gasteiger charge is -2.27. The minimum absolute atomic E-state index is 0.237. The molecule has 0 radical (unpaired) electrons. The van der Waals surface area contributed by atoms with Crippen molar-refractivity contribution in [3.8, 4) is 0 Å². The van der Waals surface area contributed by atoms with E-state index in [1.165, 1.54) is 17.0 Å². The molecule has 2 N–H and O–H groups in total. The molecule has 0 aliphatic carbocycles. The van der Waals surface area contributed by atoms with Crippen LogP contribution in [0.5, 0.6) is 0 Å². The number of hydrogen-bond acceptors (Lipinski definition) is 4. The van der Waals surface area contributed by atoms with Crippen molar-refractivity contribution in [2.45, 2.75) is 16.8 Å². The fourth-order valence-corrected chi connectivity index (χ4v) is 3.66. The van der Waals surface area contributed by atoms with E-state index in [-0.39, 0.29) is 11.7 Å². The third kappa shape index (κ3) is 3.88. The SMILES string of the molecule is O=C1NCCCN1c1cccc(Nc2ccc(F)cc2S(=O)(=O)C(F)(F)F)c1. The van der Waals surface area contributed by atoms with Gasteiger partial charge < -0.3 is 10.6 Å². The Morgan fingerprint density at radius 2 is 1.86 bits per heavy atom. The second kappa shape index (κ2) is 7.30. The van der Waals surface area contributed by atoms with Crippen LogP contribution in [0.3, 0.4) is 0 Å². The molecule has 3 rings (SSSR count). The highest BCUT2D eigenvalue weighted by atomic mass is 32.2. The summed E-state index contributed by atoms with van der Waals surface area (Å²) in [7, 11) is -5.77.